The van der Waals surface area contributed by atoms with Gasteiger partial charge in [0.1, 0.15) is 11.3 Å². The maximum Gasteiger partial charge on any atom is 0.161 e. The zero-order valence-electron chi connectivity index (χ0n) is 25.5. The number of aryl methyl sites for hydroxylation is 1. The Morgan fingerprint density at radius 1 is 0.889 bits per heavy atom. The van der Waals surface area contributed by atoms with Gasteiger partial charge < -0.3 is 4.42 Å². The fraction of sp³-hybridized carbons (Fsp3) is 0.382. The number of furan rings is 1. The third-order valence-corrected chi connectivity index (χ3v) is 8.38. The van der Waals surface area contributed by atoms with Crippen LogP contribution in [0, 0.1) is 6.85 Å². The van der Waals surface area contributed by atoms with Crippen molar-refractivity contribution in [2.45, 2.75) is 84.4 Å². The van der Waals surface area contributed by atoms with Crippen molar-refractivity contribution in [3.63, 3.8) is 0 Å². The summed E-state index contributed by atoms with van der Waals surface area (Å²) < 4.78 is 32.3. The van der Waals surface area contributed by atoms with E-state index in [4.69, 9.17) is 13.5 Å². The molecule has 0 unspecified atom stereocenters. The highest BCUT2D eigenvalue weighted by Gasteiger charge is 2.40. The molecule has 0 spiro atoms. The maximum atomic E-state index is 8.50. The highest BCUT2D eigenvalue weighted by atomic mass is 16.3. The number of hydrogen-bond acceptors (Lipinski definition) is 2. The van der Waals surface area contributed by atoms with Gasteiger partial charge in [0, 0.05) is 32.2 Å². The molecule has 0 bridgehead atoms. The van der Waals surface area contributed by atoms with Crippen molar-refractivity contribution in [2.24, 2.45) is 0 Å². The van der Waals surface area contributed by atoms with Gasteiger partial charge in [-0.05, 0) is 81.6 Å². The van der Waals surface area contributed by atoms with Gasteiger partial charge in [0.2, 0.25) is 0 Å². The summed E-state index contributed by atoms with van der Waals surface area (Å²) >= 11 is 0. The number of benzene rings is 3. The molecule has 0 fully saturated rings. The predicted molar refractivity (Wildman–Crippen MR) is 153 cm³/mol. The van der Waals surface area contributed by atoms with Gasteiger partial charge in [-0.2, -0.15) is 0 Å². The van der Waals surface area contributed by atoms with Crippen LogP contribution in [0.2, 0.25) is 0 Å². The molecule has 2 heterocycles. The first-order valence-electron chi connectivity index (χ1n) is 14.5. The van der Waals surface area contributed by atoms with Crippen LogP contribution < -0.4 is 0 Å². The minimum atomic E-state index is -2.27. The lowest BCUT2D eigenvalue weighted by Crippen LogP contribution is -2.34. The SMILES string of the molecule is [2H]C([2H])([2H])c1cc2c(c3oc4c(-c5cc(C(C)(C)C)c6ccccc6c5)nccc4c13)C(C)(C)CCC2(C)C. The molecule has 1 aliphatic carbocycles. The Morgan fingerprint density at radius 2 is 1.64 bits per heavy atom. The lowest BCUT2D eigenvalue weighted by atomic mass is 9.62. The van der Waals surface area contributed by atoms with Crippen LogP contribution in [0.5, 0.6) is 0 Å². The molecule has 36 heavy (non-hydrogen) atoms. The third kappa shape index (κ3) is 3.34. The largest absolute Gasteiger partial charge is 0.453 e. The van der Waals surface area contributed by atoms with Crippen LogP contribution in [0.1, 0.15) is 87.7 Å². The van der Waals surface area contributed by atoms with Gasteiger partial charge >= 0.3 is 0 Å². The van der Waals surface area contributed by atoms with E-state index in [1.165, 1.54) is 10.9 Å². The van der Waals surface area contributed by atoms with E-state index in [0.29, 0.717) is 22.1 Å². The summed E-state index contributed by atoms with van der Waals surface area (Å²) in [7, 11) is 0. The van der Waals surface area contributed by atoms with E-state index in [0.717, 1.165) is 46.0 Å². The molecule has 0 saturated carbocycles. The van der Waals surface area contributed by atoms with Gasteiger partial charge in [-0.3, -0.25) is 4.98 Å². The summed E-state index contributed by atoms with van der Waals surface area (Å²) in [6.45, 7) is 13.4. The Bertz CT molecular complexity index is 1780. The predicted octanol–water partition coefficient (Wildman–Crippen LogP) is 9.76. The number of aromatic nitrogens is 1. The molecule has 0 N–H and O–H groups in total. The van der Waals surface area contributed by atoms with Gasteiger partial charge in [0.05, 0.1) is 0 Å². The molecule has 6 rings (SSSR count). The molecule has 2 aromatic heterocycles. The van der Waals surface area contributed by atoms with E-state index in [1.54, 1.807) is 6.20 Å². The average molecular weight is 479 g/mol. The minimum Gasteiger partial charge on any atom is -0.453 e. The summed E-state index contributed by atoms with van der Waals surface area (Å²) in [5, 5.41) is 3.90. The molecule has 1 aliphatic rings. The third-order valence-electron chi connectivity index (χ3n) is 8.38. The highest BCUT2D eigenvalue weighted by molar-refractivity contribution is 6.12. The first-order valence-corrected chi connectivity index (χ1v) is 13.0. The molecule has 0 radical (unpaired) electrons. The lowest BCUT2D eigenvalue weighted by molar-refractivity contribution is 0.331. The quantitative estimate of drug-likeness (QED) is 0.240. The molecular weight excluding hydrogens is 438 g/mol. The number of pyridine rings is 1. The summed E-state index contributed by atoms with van der Waals surface area (Å²) in [5.74, 6) is 0. The smallest absolute Gasteiger partial charge is 0.161 e. The lowest BCUT2D eigenvalue weighted by Gasteiger charge is -2.41. The Kier molecular flexibility index (Phi) is 4.13. The van der Waals surface area contributed by atoms with Gasteiger partial charge in [-0.15, -0.1) is 0 Å². The molecule has 2 nitrogen and oxygen atoms in total. The Hall–Kier alpha value is -3.13. The van der Waals surface area contributed by atoms with E-state index >= 15 is 0 Å². The Labute approximate surface area is 219 Å². The highest BCUT2D eigenvalue weighted by Crippen LogP contribution is 2.51. The molecule has 3 aromatic carbocycles. The molecule has 5 aromatic rings. The van der Waals surface area contributed by atoms with E-state index in [2.05, 4.69) is 84.9 Å². The van der Waals surface area contributed by atoms with Crippen molar-refractivity contribution < 1.29 is 8.53 Å². The Balaban J connectivity index is 1.76. The first kappa shape index (κ1) is 20.0. The van der Waals surface area contributed by atoms with Crippen molar-refractivity contribution in [1.82, 2.24) is 4.98 Å². The van der Waals surface area contributed by atoms with Crippen molar-refractivity contribution in [3.05, 3.63) is 77.0 Å². The second kappa shape index (κ2) is 7.44. The summed E-state index contributed by atoms with van der Waals surface area (Å²) in [4.78, 5) is 4.84. The summed E-state index contributed by atoms with van der Waals surface area (Å²) in [6.07, 6.45) is 3.80. The maximum absolute atomic E-state index is 8.50. The van der Waals surface area contributed by atoms with E-state index < -0.39 is 6.85 Å². The van der Waals surface area contributed by atoms with Crippen LogP contribution in [0.4, 0.5) is 0 Å². The van der Waals surface area contributed by atoms with Crippen LogP contribution in [0.15, 0.2) is 59.1 Å². The van der Waals surface area contributed by atoms with Crippen LogP contribution >= 0.6 is 0 Å². The normalized spacial score (nSPS) is 18.7. The zero-order valence-corrected chi connectivity index (χ0v) is 22.5. The van der Waals surface area contributed by atoms with Crippen molar-refractivity contribution >= 4 is 32.7 Å². The second-order valence-electron chi connectivity index (χ2n) is 13.0. The van der Waals surface area contributed by atoms with Crippen LogP contribution in [0.3, 0.4) is 0 Å². The molecule has 2 heteroatoms. The van der Waals surface area contributed by atoms with Crippen molar-refractivity contribution in [3.8, 4) is 11.3 Å². The Morgan fingerprint density at radius 3 is 2.39 bits per heavy atom. The molecule has 0 amide bonds. The first-order chi connectivity index (χ1) is 18.1. The second-order valence-corrected chi connectivity index (χ2v) is 13.0. The molecule has 0 saturated heterocycles. The monoisotopic (exact) mass is 478 g/mol. The van der Waals surface area contributed by atoms with E-state index in [9.17, 15) is 0 Å². The van der Waals surface area contributed by atoms with Gasteiger partial charge in [0.25, 0.3) is 0 Å². The number of fused-ring (bicyclic) bond motifs is 6. The number of rotatable bonds is 1. The standard InChI is InChI=1S/C34H37NO/c1-20-17-26-28(34(7,8)15-14-33(26,5)6)31-27(20)24-13-16-35-29(30(24)36-31)22-18-21-11-9-10-12-23(21)25(19-22)32(2,3)4/h9-13,16-19H,14-15H2,1-8H3/i1D3. The molecule has 0 aliphatic heterocycles. The zero-order chi connectivity index (χ0) is 28.1. The summed E-state index contributed by atoms with van der Waals surface area (Å²) in [6, 6.07) is 16.7. The fourth-order valence-electron chi connectivity index (χ4n) is 6.24. The van der Waals surface area contributed by atoms with Gasteiger partial charge in [0.15, 0.2) is 5.58 Å². The minimum absolute atomic E-state index is 0.0690. The fourth-order valence-corrected chi connectivity index (χ4v) is 6.24. The van der Waals surface area contributed by atoms with Crippen LogP contribution in [-0.2, 0) is 16.2 Å². The number of hydrogen-bond donors (Lipinski definition) is 0. The molecular formula is C34H37NO. The van der Waals surface area contributed by atoms with Gasteiger partial charge in [-0.25, -0.2) is 0 Å². The van der Waals surface area contributed by atoms with Crippen LogP contribution in [0.25, 0.3) is 44.0 Å². The summed E-state index contributed by atoms with van der Waals surface area (Å²) in [5.41, 5.74) is 6.58. The van der Waals surface area contributed by atoms with E-state index in [1.807, 2.05) is 12.1 Å². The van der Waals surface area contributed by atoms with Crippen LogP contribution in [-0.4, -0.2) is 4.98 Å². The number of nitrogens with zero attached hydrogens (tertiary/aromatic N) is 1. The van der Waals surface area contributed by atoms with Crippen molar-refractivity contribution in [2.75, 3.05) is 0 Å². The molecule has 0 atom stereocenters. The topological polar surface area (TPSA) is 26.0 Å². The van der Waals surface area contributed by atoms with Crippen molar-refractivity contribution in [1.29, 1.82) is 0 Å². The average Bonchev–Trinajstić information content (AvgIpc) is 3.23. The van der Waals surface area contributed by atoms with Gasteiger partial charge in [-0.1, -0.05) is 78.8 Å². The molecule has 184 valence electrons. The van der Waals surface area contributed by atoms with E-state index in [-0.39, 0.29) is 16.2 Å².